The van der Waals surface area contributed by atoms with Crippen molar-refractivity contribution in [2.24, 2.45) is 0 Å². The molecule has 0 radical (unpaired) electrons. The van der Waals surface area contributed by atoms with Crippen LogP contribution < -0.4 is 10.1 Å². The van der Waals surface area contributed by atoms with E-state index < -0.39 is 0 Å². The SMILES string of the molecule is O=C(NCCO)c1cccc(OCCCc2cccc(F)c2)c1. The van der Waals surface area contributed by atoms with Crippen LogP contribution in [0.3, 0.4) is 0 Å². The second-order valence-electron chi connectivity index (χ2n) is 5.09. The molecule has 2 rings (SSSR count). The van der Waals surface area contributed by atoms with E-state index in [1.807, 2.05) is 6.07 Å². The number of rotatable bonds is 8. The highest BCUT2D eigenvalue weighted by molar-refractivity contribution is 5.94. The van der Waals surface area contributed by atoms with Gasteiger partial charge in [0.15, 0.2) is 0 Å². The Bertz CT molecular complexity index is 646. The Kier molecular flexibility index (Phi) is 6.56. The molecule has 0 aliphatic carbocycles. The second-order valence-corrected chi connectivity index (χ2v) is 5.09. The average Bonchev–Trinajstić information content (AvgIpc) is 2.57. The number of aryl methyl sites for hydroxylation is 1. The van der Waals surface area contributed by atoms with Crippen molar-refractivity contribution in [1.82, 2.24) is 5.32 Å². The maximum Gasteiger partial charge on any atom is 0.251 e. The summed E-state index contributed by atoms with van der Waals surface area (Å²) in [5.74, 6) is 0.134. The van der Waals surface area contributed by atoms with E-state index in [0.29, 0.717) is 17.9 Å². The van der Waals surface area contributed by atoms with Gasteiger partial charge < -0.3 is 15.2 Å². The Morgan fingerprint density at radius 1 is 1.17 bits per heavy atom. The summed E-state index contributed by atoms with van der Waals surface area (Å²) in [6.45, 7) is 0.609. The van der Waals surface area contributed by atoms with E-state index in [1.54, 1.807) is 30.3 Å². The summed E-state index contributed by atoms with van der Waals surface area (Å²) in [5, 5.41) is 11.3. The summed E-state index contributed by atoms with van der Waals surface area (Å²) in [4.78, 5) is 11.8. The summed E-state index contributed by atoms with van der Waals surface area (Å²) in [6, 6.07) is 13.4. The van der Waals surface area contributed by atoms with E-state index >= 15 is 0 Å². The summed E-state index contributed by atoms with van der Waals surface area (Å²) in [6.07, 6.45) is 1.48. The zero-order valence-corrected chi connectivity index (χ0v) is 12.8. The van der Waals surface area contributed by atoms with Crippen molar-refractivity contribution < 1.29 is 19.0 Å². The number of ether oxygens (including phenoxy) is 1. The van der Waals surface area contributed by atoms with E-state index in [4.69, 9.17) is 9.84 Å². The minimum Gasteiger partial charge on any atom is -0.494 e. The number of aliphatic hydroxyl groups is 1. The second kappa shape index (κ2) is 8.90. The molecule has 0 aromatic heterocycles. The number of hydrogen-bond acceptors (Lipinski definition) is 3. The molecule has 2 N–H and O–H groups in total. The van der Waals surface area contributed by atoms with Crippen molar-refractivity contribution in [3.05, 3.63) is 65.5 Å². The molecule has 23 heavy (non-hydrogen) atoms. The topological polar surface area (TPSA) is 58.6 Å². The molecular formula is C18H20FNO3. The molecule has 0 aliphatic rings. The molecular weight excluding hydrogens is 297 g/mol. The standard InChI is InChI=1S/C18H20FNO3/c19-16-7-1-4-14(12-16)5-3-11-23-17-8-2-6-15(13-17)18(22)20-9-10-21/h1-2,4,6-8,12-13,21H,3,5,9-11H2,(H,20,22). The van der Waals surface area contributed by atoms with Crippen molar-refractivity contribution in [1.29, 1.82) is 0 Å². The maximum atomic E-state index is 13.1. The first kappa shape index (κ1) is 17.0. The first-order valence-electron chi connectivity index (χ1n) is 7.55. The lowest BCUT2D eigenvalue weighted by Crippen LogP contribution is -2.26. The Hall–Kier alpha value is -2.40. The molecule has 2 aromatic carbocycles. The van der Waals surface area contributed by atoms with Gasteiger partial charge in [0.2, 0.25) is 0 Å². The molecule has 0 bridgehead atoms. The molecule has 0 atom stereocenters. The molecule has 122 valence electrons. The van der Waals surface area contributed by atoms with Gasteiger partial charge in [-0.05, 0) is 48.7 Å². The third kappa shape index (κ3) is 5.71. The molecule has 0 aliphatic heterocycles. The van der Waals surface area contributed by atoms with Gasteiger partial charge >= 0.3 is 0 Å². The van der Waals surface area contributed by atoms with Crippen molar-refractivity contribution in [3.63, 3.8) is 0 Å². The van der Waals surface area contributed by atoms with Crippen LogP contribution in [-0.2, 0) is 6.42 Å². The summed E-state index contributed by atoms with van der Waals surface area (Å²) in [5.41, 5.74) is 1.42. The van der Waals surface area contributed by atoms with Gasteiger partial charge in [-0.15, -0.1) is 0 Å². The molecule has 0 saturated carbocycles. The number of nitrogens with one attached hydrogen (secondary N) is 1. The van der Waals surface area contributed by atoms with Crippen molar-refractivity contribution >= 4 is 5.91 Å². The highest BCUT2D eigenvalue weighted by Crippen LogP contribution is 2.14. The van der Waals surface area contributed by atoms with Crippen LogP contribution in [0.1, 0.15) is 22.3 Å². The van der Waals surface area contributed by atoms with E-state index in [2.05, 4.69) is 5.32 Å². The molecule has 0 unspecified atom stereocenters. The number of halogens is 1. The average molecular weight is 317 g/mol. The number of aliphatic hydroxyl groups excluding tert-OH is 1. The monoisotopic (exact) mass is 317 g/mol. The highest BCUT2D eigenvalue weighted by Gasteiger charge is 2.06. The zero-order valence-electron chi connectivity index (χ0n) is 12.8. The van der Waals surface area contributed by atoms with Gasteiger partial charge in [-0.25, -0.2) is 4.39 Å². The van der Waals surface area contributed by atoms with Crippen LogP contribution in [0.2, 0.25) is 0 Å². The molecule has 5 heteroatoms. The third-order valence-corrected chi connectivity index (χ3v) is 3.26. The van der Waals surface area contributed by atoms with Crippen molar-refractivity contribution in [2.45, 2.75) is 12.8 Å². The number of carbonyl (C=O) groups is 1. The van der Waals surface area contributed by atoms with Crippen LogP contribution in [0.15, 0.2) is 48.5 Å². The van der Waals surface area contributed by atoms with E-state index in [0.717, 1.165) is 18.4 Å². The molecule has 1 amide bonds. The largest absolute Gasteiger partial charge is 0.494 e. The van der Waals surface area contributed by atoms with Gasteiger partial charge in [-0.1, -0.05) is 18.2 Å². The quantitative estimate of drug-likeness (QED) is 0.736. The summed E-state index contributed by atoms with van der Waals surface area (Å²) in [7, 11) is 0. The number of hydrogen-bond donors (Lipinski definition) is 2. The first-order chi connectivity index (χ1) is 11.2. The molecule has 4 nitrogen and oxygen atoms in total. The van der Waals surface area contributed by atoms with Gasteiger partial charge in [0.25, 0.3) is 5.91 Å². The predicted molar refractivity (Wildman–Crippen MR) is 86.1 cm³/mol. The third-order valence-electron chi connectivity index (χ3n) is 3.26. The number of carbonyl (C=O) groups excluding carboxylic acids is 1. The smallest absolute Gasteiger partial charge is 0.251 e. The lowest BCUT2D eigenvalue weighted by Gasteiger charge is -2.08. The van der Waals surface area contributed by atoms with Gasteiger partial charge in [0.1, 0.15) is 11.6 Å². The van der Waals surface area contributed by atoms with Crippen molar-refractivity contribution in [2.75, 3.05) is 19.8 Å². The number of amides is 1. The van der Waals surface area contributed by atoms with Crippen LogP contribution in [0.5, 0.6) is 5.75 Å². The summed E-state index contributed by atoms with van der Waals surface area (Å²) >= 11 is 0. The normalized spacial score (nSPS) is 10.3. The molecule has 0 heterocycles. The lowest BCUT2D eigenvalue weighted by atomic mass is 10.1. The molecule has 0 fully saturated rings. The minimum atomic E-state index is -0.246. The number of benzene rings is 2. The van der Waals surface area contributed by atoms with E-state index in [-0.39, 0.29) is 24.9 Å². The van der Waals surface area contributed by atoms with Crippen LogP contribution in [0.25, 0.3) is 0 Å². The van der Waals surface area contributed by atoms with E-state index in [1.165, 1.54) is 12.1 Å². The zero-order chi connectivity index (χ0) is 16.5. The fraction of sp³-hybridized carbons (Fsp3) is 0.278. The minimum absolute atomic E-state index is 0.0952. The van der Waals surface area contributed by atoms with Crippen LogP contribution in [0, 0.1) is 5.82 Å². The lowest BCUT2D eigenvalue weighted by molar-refractivity contribution is 0.0944. The Labute approximate surface area is 134 Å². The summed E-state index contributed by atoms with van der Waals surface area (Å²) < 4.78 is 18.7. The van der Waals surface area contributed by atoms with Gasteiger partial charge in [0, 0.05) is 12.1 Å². The van der Waals surface area contributed by atoms with Gasteiger partial charge in [-0.3, -0.25) is 4.79 Å². The van der Waals surface area contributed by atoms with Crippen LogP contribution in [0.4, 0.5) is 4.39 Å². The first-order valence-corrected chi connectivity index (χ1v) is 7.55. The Morgan fingerprint density at radius 3 is 2.78 bits per heavy atom. The Balaban J connectivity index is 1.80. The van der Waals surface area contributed by atoms with Gasteiger partial charge in [0.05, 0.1) is 13.2 Å². The van der Waals surface area contributed by atoms with Gasteiger partial charge in [-0.2, -0.15) is 0 Å². The molecule has 0 spiro atoms. The van der Waals surface area contributed by atoms with Crippen molar-refractivity contribution in [3.8, 4) is 5.75 Å². The Morgan fingerprint density at radius 2 is 2.00 bits per heavy atom. The predicted octanol–water partition coefficient (Wildman–Crippen LogP) is 2.56. The fourth-order valence-corrected chi connectivity index (χ4v) is 2.16. The van der Waals surface area contributed by atoms with E-state index in [9.17, 15) is 9.18 Å². The molecule has 0 saturated heterocycles. The maximum absolute atomic E-state index is 13.1. The molecule has 2 aromatic rings. The van der Waals surface area contributed by atoms with Crippen LogP contribution >= 0.6 is 0 Å². The highest BCUT2D eigenvalue weighted by atomic mass is 19.1. The van der Waals surface area contributed by atoms with Crippen LogP contribution in [-0.4, -0.2) is 30.8 Å². The fourth-order valence-electron chi connectivity index (χ4n) is 2.16.